The van der Waals surface area contributed by atoms with Gasteiger partial charge in [-0.15, -0.1) is 13.2 Å². The first kappa shape index (κ1) is 18.3. The Hall–Kier alpha value is -3.07. The Kier molecular flexibility index (Phi) is 4.68. The number of aromatic amines is 1. The van der Waals surface area contributed by atoms with Crippen LogP contribution in [-0.2, 0) is 11.3 Å². The summed E-state index contributed by atoms with van der Waals surface area (Å²) < 4.78 is 40.9. The largest absolute Gasteiger partial charge is 0.573 e. The average Bonchev–Trinajstić information content (AvgIpc) is 3.09. The number of nitrogens with zero attached hydrogens (tertiary/aromatic N) is 2. The fourth-order valence-corrected chi connectivity index (χ4v) is 3.42. The maximum atomic E-state index is 12.5. The maximum absolute atomic E-state index is 12.5. The minimum atomic E-state index is -4.75. The molecule has 1 unspecified atom stereocenters. The number of nitrogens with one attached hydrogen (secondary N) is 2. The van der Waals surface area contributed by atoms with Crippen LogP contribution in [0.2, 0.25) is 0 Å². The van der Waals surface area contributed by atoms with Gasteiger partial charge in [-0.25, -0.2) is 0 Å². The van der Waals surface area contributed by atoms with E-state index in [0.29, 0.717) is 25.2 Å². The number of aromatic nitrogens is 2. The molecular weight excluding hydrogens is 373 g/mol. The van der Waals surface area contributed by atoms with Crippen LogP contribution in [0, 0.1) is 0 Å². The molecule has 2 N–H and O–H groups in total. The SMILES string of the molecule is O=C1NCCN(Cc2ccc3cn[nH]c3c2)C1c1ccc(OC(F)(F)F)cc1. The molecule has 1 aliphatic rings. The van der Waals surface area contributed by atoms with Crippen molar-refractivity contribution >= 4 is 16.8 Å². The highest BCUT2D eigenvalue weighted by Gasteiger charge is 2.33. The van der Waals surface area contributed by atoms with Crippen LogP contribution in [0.4, 0.5) is 13.2 Å². The lowest BCUT2D eigenvalue weighted by atomic mass is 10.0. The van der Waals surface area contributed by atoms with Crippen molar-refractivity contribution in [1.82, 2.24) is 20.4 Å². The summed E-state index contributed by atoms with van der Waals surface area (Å²) in [5, 5.41) is 10.7. The first-order valence-corrected chi connectivity index (χ1v) is 8.68. The van der Waals surface area contributed by atoms with E-state index >= 15 is 0 Å². The van der Waals surface area contributed by atoms with E-state index in [4.69, 9.17) is 0 Å². The summed E-state index contributed by atoms with van der Waals surface area (Å²) in [6.45, 7) is 1.66. The predicted molar refractivity (Wildman–Crippen MR) is 95.4 cm³/mol. The molecule has 1 saturated heterocycles. The molecule has 1 atom stereocenters. The Labute approximate surface area is 158 Å². The van der Waals surface area contributed by atoms with Crippen LogP contribution in [-0.4, -0.2) is 40.5 Å². The summed E-state index contributed by atoms with van der Waals surface area (Å²) >= 11 is 0. The van der Waals surface area contributed by atoms with E-state index in [0.717, 1.165) is 16.5 Å². The van der Waals surface area contributed by atoms with Gasteiger partial charge in [-0.05, 0) is 29.3 Å². The van der Waals surface area contributed by atoms with Gasteiger partial charge in [0.25, 0.3) is 0 Å². The molecule has 1 aromatic heterocycles. The third-order valence-corrected chi connectivity index (χ3v) is 4.63. The second kappa shape index (κ2) is 7.16. The number of carbonyl (C=O) groups excluding carboxylic acids is 1. The molecule has 9 heteroatoms. The number of hydrogen-bond donors (Lipinski definition) is 2. The van der Waals surface area contributed by atoms with Crippen LogP contribution < -0.4 is 10.1 Å². The summed E-state index contributed by atoms with van der Waals surface area (Å²) in [6, 6.07) is 10.7. The molecule has 3 aromatic rings. The Bertz CT molecular complexity index is 985. The molecule has 0 bridgehead atoms. The molecule has 0 radical (unpaired) electrons. The number of benzene rings is 2. The molecule has 1 amide bonds. The molecule has 1 aliphatic heterocycles. The number of ether oxygens (including phenoxy) is 1. The molecule has 6 nitrogen and oxygen atoms in total. The van der Waals surface area contributed by atoms with Crippen molar-refractivity contribution in [2.75, 3.05) is 13.1 Å². The zero-order valence-corrected chi connectivity index (χ0v) is 14.7. The standard InChI is InChI=1S/C19H17F3N4O2/c20-19(21,22)28-15-5-3-13(4-6-15)17-18(27)23-7-8-26(17)11-12-1-2-14-10-24-25-16(14)9-12/h1-6,9-10,17H,7-8,11H2,(H,23,27)(H,24,25). The number of halogens is 3. The van der Waals surface area contributed by atoms with Crippen LogP contribution >= 0.6 is 0 Å². The zero-order valence-electron chi connectivity index (χ0n) is 14.7. The molecule has 146 valence electrons. The Morgan fingerprint density at radius 1 is 1.18 bits per heavy atom. The van der Waals surface area contributed by atoms with Gasteiger partial charge < -0.3 is 10.1 Å². The second-order valence-corrected chi connectivity index (χ2v) is 6.57. The van der Waals surface area contributed by atoms with Gasteiger partial charge in [0.15, 0.2) is 0 Å². The van der Waals surface area contributed by atoms with Crippen molar-refractivity contribution < 1.29 is 22.7 Å². The summed E-state index contributed by atoms with van der Waals surface area (Å²) in [6.07, 6.45) is -3.01. The first-order chi connectivity index (χ1) is 13.4. The van der Waals surface area contributed by atoms with E-state index in [1.165, 1.54) is 24.3 Å². The molecule has 28 heavy (non-hydrogen) atoms. The van der Waals surface area contributed by atoms with Gasteiger partial charge in [-0.1, -0.05) is 24.3 Å². The molecule has 2 aromatic carbocycles. The third kappa shape index (κ3) is 3.94. The van der Waals surface area contributed by atoms with Gasteiger partial charge in [-0.2, -0.15) is 5.10 Å². The third-order valence-electron chi connectivity index (χ3n) is 4.63. The van der Waals surface area contributed by atoms with Gasteiger partial charge in [0.1, 0.15) is 11.8 Å². The fraction of sp³-hybridized carbons (Fsp3) is 0.263. The van der Waals surface area contributed by atoms with Crippen molar-refractivity contribution in [2.24, 2.45) is 0 Å². The second-order valence-electron chi connectivity index (χ2n) is 6.57. The number of alkyl halides is 3. The highest BCUT2D eigenvalue weighted by molar-refractivity contribution is 5.84. The quantitative estimate of drug-likeness (QED) is 0.718. The zero-order chi connectivity index (χ0) is 19.7. The molecule has 0 aliphatic carbocycles. The summed E-state index contributed by atoms with van der Waals surface area (Å²) in [4.78, 5) is 14.5. The summed E-state index contributed by atoms with van der Waals surface area (Å²) in [5.74, 6) is -0.498. The minimum Gasteiger partial charge on any atom is -0.406 e. The number of hydrogen-bond acceptors (Lipinski definition) is 4. The van der Waals surface area contributed by atoms with Crippen molar-refractivity contribution in [3.05, 3.63) is 59.8 Å². The van der Waals surface area contributed by atoms with Crippen LogP contribution in [0.1, 0.15) is 17.2 Å². The molecular formula is C19H17F3N4O2. The van der Waals surface area contributed by atoms with E-state index < -0.39 is 12.4 Å². The molecule has 0 saturated carbocycles. The van der Waals surface area contributed by atoms with Crippen LogP contribution in [0.25, 0.3) is 10.9 Å². The van der Waals surface area contributed by atoms with Gasteiger partial charge >= 0.3 is 6.36 Å². The van der Waals surface area contributed by atoms with E-state index in [1.807, 2.05) is 23.1 Å². The van der Waals surface area contributed by atoms with E-state index in [-0.39, 0.29) is 11.7 Å². The van der Waals surface area contributed by atoms with Crippen molar-refractivity contribution in [2.45, 2.75) is 18.9 Å². The van der Waals surface area contributed by atoms with Crippen molar-refractivity contribution in [3.63, 3.8) is 0 Å². The number of carbonyl (C=O) groups is 1. The van der Waals surface area contributed by atoms with Crippen molar-refractivity contribution in [1.29, 1.82) is 0 Å². The smallest absolute Gasteiger partial charge is 0.406 e. The Morgan fingerprint density at radius 2 is 1.96 bits per heavy atom. The molecule has 2 heterocycles. The maximum Gasteiger partial charge on any atom is 0.573 e. The van der Waals surface area contributed by atoms with E-state index in [9.17, 15) is 18.0 Å². The first-order valence-electron chi connectivity index (χ1n) is 8.68. The number of piperazine rings is 1. The lowest BCUT2D eigenvalue weighted by Gasteiger charge is -2.35. The average molecular weight is 390 g/mol. The Balaban J connectivity index is 1.56. The summed E-state index contributed by atoms with van der Waals surface area (Å²) in [7, 11) is 0. The van der Waals surface area contributed by atoms with Crippen LogP contribution in [0.15, 0.2) is 48.7 Å². The topological polar surface area (TPSA) is 70.2 Å². The highest BCUT2D eigenvalue weighted by Crippen LogP contribution is 2.29. The molecule has 0 spiro atoms. The lowest BCUT2D eigenvalue weighted by molar-refractivity contribution is -0.274. The normalized spacial score (nSPS) is 18.2. The van der Waals surface area contributed by atoms with Gasteiger partial charge in [0.05, 0.1) is 11.7 Å². The minimum absolute atomic E-state index is 0.182. The highest BCUT2D eigenvalue weighted by atomic mass is 19.4. The van der Waals surface area contributed by atoms with Crippen LogP contribution in [0.3, 0.4) is 0 Å². The number of fused-ring (bicyclic) bond motifs is 1. The van der Waals surface area contributed by atoms with E-state index in [2.05, 4.69) is 20.3 Å². The monoisotopic (exact) mass is 390 g/mol. The van der Waals surface area contributed by atoms with Gasteiger partial charge in [0, 0.05) is 25.0 Å². The lowest BCUT2D eigenvalue weighted by Crippen LogP contribution is -2.49. The number of rotatable bonds is 4. The number of amides is 1. The van der Waals surface area contributed by atoms with Gasteiger partial charge in [-0.3, -0.25) is 14.8 Å². The summed E-state index contributed by atoms with van der Waals surface area (Å²) in [5.41, 5.74) is 2.52. The van der Waals surface area contributed by atoms with Crippen LogP contribution in [0.5, 0.6) is 5.75 Å². The van der Waals surface area contributed by atoms with Gasteiger partial charge in [0.2, 0.25) is 5.91 Å². The fourth-order valence-electron chi connectivity index (χ4n) is 3.42. The van der Waals surface area contributed by atoms with E-state index in [1.54, 1.807) is 6.20 Å². The molecule has 1 fully saturated rings. The predicted octanol–water partition coefficient (Wildman–Crippen LogP) is 3.13. The Morgan fingerprint density at radius 3 is 2.71 bits per heavy atom. The van der Waals surface area contributed by atoms with Crippen molar-refractivity contribution in [3.8, 4) is 5.75 Å². The number of H-pyrrole nitrogens is 1. The molecule has 4 rings (SSSR count).